The Hall–Kier alpha value is -4.72. The minimum absolute atomic E-state index is 0.0752. The molecule has 8 rings (SSSR count). The van der Waals surface area contributed by atoms with Crippen molar-refractivity contribution in [1.29, 1.82) is 0 Å². The molecule has 0 aromatic heterocycles. The van der Waals surface area contributed by atoms with Gasteiger partial charge in [-0.05, 0) is 135 Å². The number of para-hydroxylation sites is 2. The molecule has 0 bridgehead atoms. The molecule has 0 aliphatic rings. The van der Waals surface area contributed by atoms with Crippen molar-refractivity contribution in [1.82, 2.24) is 0 Å². The van der Waals surface area contributed by atoms with E-state index in [1.54, 1.807) is 131 Å². The van der Waals surface area contributed by atoms with Gasteiger partial charge in [0.05, 0.1) is 9.79 Å². The highest BCUT2D eigenvalue weighted by molar-refractivity contribution is 7.99. The molecule has 78 heavy (non-hydrogen) atoms. The number of rotatable bonds is 8. The number of hydrogen-bond acceptors (Lipinski definition) is 10. The number of carbonyl (C=O) groups is 1. The van der Waals surface area contributed by atoms with Crippen LogP contribution in [0.2, 0.25) is 0 Å². The number of benzene rings is 8. The summed E-state index contributed by atoms with van der Waals surface area (Å²) in [6.07, 6.45) is 20.5. The van der Waals surface area contributed by atoms with E-state index in [0.717, 1.165) is 22.6 Å². The fraction of sp³-hybridized carbons (Fsp3) is 0.269. The molecule has 0 N–H and O–H groups in total. The molecule has 0 fully saturated rings. The highest BCUT2D eigenvalue weighted by atomic mass is 32.2. The van der Waals surface area contributed by atoms with Gasteiger partial charge < -0.3 is 4.74 Å². The maximum atomic E-state index is 12.0. The van der Waals surface area contributed by atoms with E-state index in [0.29, 0.717) is 9.79 Å². The van der Waals surface area contributed by atoms with Gasteiger partial charge in [0.2, 0.25) is 9.84 Å². The van der Waals surface area contributed by atoms with E-state index in [2.05, 4.69) is 36.8 Å². The predicted molar refractivity (Wildman–Crippen MR) is 367 cm³/mol. The zero-order valence-corrected chi connectivity index (χ0v) is 55.8. The van der Waals surface area contributed by atoms with E-state index in [4.69, 9.17) is 4.74 Å². The van der Waals surface area contributed by atoms with Gasteiger partial charge in [0.1, 0.15) is 11.5 Å². The number of hydrogen-bond donors (Lipinski definition) is 0. The summed E-state index contributed by atoms with van der Waals surface area (Å²) in [6.45, 7) is 16.0. The van der Waals surface area contributed by atoms with Crippen molar-refractivity contribution < 1.29 is 17.9 Å². The molecule has 0 saturated carbocycles. The van der Waals surface area contributed by atoms with Gasteiger partial charge >= 0.3 is 0 Å². The number of sulfone groups is 1. The van der Waals surface area contributed by atoms with Crippen molar-refractivity contribution in [2.75, 3.05) is 62.6 Å². The van der Waals surface area contributed by atoms with Gasteiger partial charge in [-0.25, -0.2) is 8.42 Å². The van der Waals surface area contributed by atoms with E-state index in [1.807, 2.05) is 263 Å². The molecule has 0 amide bonds. The van der Waals surface area contributed by atoms with Gasteiger partial charge in [-0.3, -0.25) is 4.79 Å². The number of ketones is 1. The monoisotopic (exact) mass is 1190 g/mol. The third kappa shape index (κ3) is 46.2. The zero-order chi connectivity index (χ0) is 59.9. The fourth-order valence-electron chi connectivity index (χ4n) is 4.91. The van der Waals surface area contributed by atoms with Crippen LogP contribution >= 0.6 is 70.6 Å². The van der Waals surface area contributed by atoms with Crippen molar-refractivity contribution in [3.63, 3.8) is 0 Å². The summed E-state index contributed by atoms with van der Waals surface area (Å²) < 4.78 is 29.6. The lowest BCUT2D eigenvalue weighted by Gasteiger charge is -2.03. The maximum absolute atomic E-state index is 12.0. The SMILES string of the molecule is CC.CC.CC.CC.CSC.CSC.CSC.CSC.CSc1ccccc1.CSc1ccccc1.O=C(c1ccccc1)c1ccccc1.O=S(=O)(c1ccccc1)c1ccccc1.c1ccc(Oc2ccccc2)cc1. The molecular weight excluding hydrogens is 1090 g/mol. The smallest absolute Gasteiger partial charge is 0.206 e. The Labute approximate surface area is 502 Å². The highest BCUT2D eigenvalue weighted by Crippen LogP contribution is 2.21. The van der Waals surface area contributed by atoms with Crippen LogP contribution in [-0.4, -0.2) is 76.8 Å². The molecule has 8 aromatic rings. The fourth-order valence-corrected chi connectivity index (χ4v) is 7.07. The standard InChI is InChI=1S/C13H10O.C12H10O2S.C12H10O.2C7H8S.4C2H6S.4C2H6/c14-13(11-7-3-1-4-8-11)12-9-5-2-6-10-12;13-15(14,11-7-3-1-4-8-11)12-9-5-2-6-10-12;1-3-7-11(8-4-1)13-12-9-5-2-6-10-12;2*1-8-7-5-3-2-4-6-7;4*1-3-2;4*1-2/h1-10H;1-10H;1-10H;2*2-6H,1H3;4*1-2H3;4*1-2H3. The van der Waals surface area contributed by atoms with Gasteiger partial charge in [0.15, 0.2) is 5.78 Å². The molecule has 0 saturated heterocycles. The lowest BCUT2D eigenvalue weighted by atomic mass is 10.0. The Morgan fingerprint density at radius 3 is 0.667 bits per heavy atom. The van der Waals surface area contributed by atoms with Crippen LogP contribution in [0.3, 0.4) is 0 Å². The third-order valence-corrected chi connectivity index (χ3v) is 11.1. The van der Waals surface area contributed by atoms with Gasteiger partial charge in [0, 0.05) is 20.9 Å². The Balaban J connectivity index is -0.000000266. The second-order valence-corrected chi connectivity index (χ2v) is 20.6. The summed E-state index contributed by atoms with van der Waals surface area (Å²) in [5.41, 5.74) is 1.47. The van der Waals surface area contributed by atoms with Crippen LogP contribution in [0.25, 0.3) is 0 Å². The molecule has 0 spiro atoms. The summed E-state index contributed by atoms with van der Waals surface area (Å²) in [6, 6.07) is 75.6. The first-order valence-corrected chi connectivity index (χ1v) is 36.1. The quantitative estimate of drug-likeness (QED) is 0.109. The van der Waals surface area contributed by atoms with Crippen LogP contribution in [0.15, 0.2) is 262 Å². The van der Waals surface area contributed by atoms with E-state index in [9.17, 15) is 13.2 Å². The average Bonchev–Trinajstić information content (AvgIpc) is 3.52. The highest BCUT2D eigenvalue weighted by Gasteiger charge is 2.15. The Morgan fingerprint density at radius 2 is 0.474 bits per heavy atom. The Kier molecular flexibility index (Phi) is 68.2. The van der Waals surface area contributed by atoms with Gasteiger partial charge in [-0.2, -0.15) is 47.0 Å². The molecule has 0 aliphatic carbocycles. The molecule has 4 nitrogen and oxygen atoms in total. The normalized spacial score (nSPS) is 8.59. The molecular formula is C67H94O4S7. The van der Waals surface area contributed by atoms with Crippen molar-refractivity contribution in [2.45, 2.75) is 75.0 Å². The topological polar surface area (TPSA) is 60.4 Å². The summed E-state index contributed by atoms with van der Waals surface area (Å²) in [5, 5.41) is 0. The van der Waals surface area contributed by atoms with Crippen molar-refractivity contribution in [3.8, 4) is 11.5 Å². The van der Waals surface area contributed by atoms with Crippen molar-refractivity contribution >= 4 is 86.2 Å². The largest absolute Gasteiger partial charge is 0.457 e. The first kappa shape index (κ1) is 82.1. The summed E-state index contributed by atoms with van der Waals surface area (Å²) in [4.78, 5) is 15.2. The molecule has 8 aromatic carbocycles. The Morgan fingerprint density at radius 1 is 0.295 bits per heavy atom. The Bertz CT molecular complexity index is 2290. The average molecular weight is 1190 g/mol. The summed E-state index contributed by atoms with van der Waals surface area (Å²) in [7, 11) is -3.34. The van der Waals surface area contributed by atoms with E-state index >= 15 is 0 Å². The first-order valence-electron chi connectivity index (χ1n) is 25.6. The van der Waals surface area contributed by atoms with Crippen LogP contribution in [-0.2, 0) is 9.84 Å². The van der Waals surface area contributed by atoms with Gasteiger partial charge in [0.25, 0.3) is 0 Å². The lowest BCUT2D eigenvalue weighted by Crippen LogP contribution is -2.00. The lowest BCUT2D eigenvalue weighted by molar-refractivity contribution is 0.103. The first-order chi connectivity index (χ1) is 38.1. The van der Waals surface area contributed by atoms with Gasteiger partial charge in [-0.1, -0.05) is 225 Å². The molecule has 11 heteroatoms. The van der Waals surface area contributed by atoms with Crippen molar-refractivity contribution in [3.05, 3.63) is 254 Å². The van der Waals surface area contributed by atoms with Crippen LogP contribution < -0.4 is 4.74 Å². The van der Waals surface area contributed by atoms with Crippen molar-refractivity contribution in [2.24, 2.45) is 0 Å². The van der Waals surface area contributed by atoms with E-state index in [1.165, 1.54) is 9.79 Å². The summed E-state index contributed by atoms with van der Waals surface area (Å²) in [5.74, 6) is 1.81. The molecule has 0 radical (unpaired) electrons. The molecule has 0 aliphatic heterocycles. The van der Waals surface area contributed by atoms with E-state index < -0.39 is 9.84 Å². The zero-order valence-electron chi connectivity index (χ0n) is 50.1. The molecule has 0 atom stereocenters. The van der Waals surface area contributed by atoms with E-state index in [-0.39, 0.29) is 5.78 Å². The molecule has 428 valence electrons. The second kappa shape index (κ2) is 64.8. The maximum Gasteiger partial charge on any atom is 0.206 e. The van der Waals surface area contributed by atoms with Crippen LogP contribution in [0, 0.1) is 0 Å². The number of carbonyl (C=O) groups excluding carboxylic acids is 1. The third-order valence-electron chi connectivity index (χ3n) is 7.86. The van der Waals surface area contributed by atoms with Crippen LogP contribution in [0.1, 0.15) is 71.3 Å². The second-order valence-electron chi connectivity index (χ2n) is 13.6. The molecule has 0 heterocycles. The van der Waals surface area contributed by atoms with Crippen LogP contribution in [0.4, 0.5) is 0 Å². The summed E-state index contributed by atoms with van der Waals surface area (Å²) >= 11 is 10.5. The van der Waals surface area contributed by atoms with Crippen LogP contribution in [0.5, 0.6) is 11.5 Å². The minimum Gasteiger partial charge on any atom is -0.457 e. The molecule has 0 unspecified atom stereocenters. The predicted octanol–water partition coefficient (Wildman–Crippen LogP) is 21.8. The number of ether oxygens (including phenoxy) is 1. The minimum atomic E-state index is -3.34. The number of thioether (sulfide) groups is 6. The van der Waals surface area contributed by atoms with Gasteiger partial charge in [-0.15, -0.1) is 23.5 Å².